The first-order valence-corrected chi connectivity index (χ1v) is 6.18. The Kier molecular flexibility index (Phi) is 4.61. The molecule has 0 aromatic heterocycles. The van der Waals surface area contributed by atoms with Crippen LogP contribution in [0.15, 0.2) is 18.2 Å². The summed E-state index contributed by atoms with van der Waals surface area (Å²) in [6.07, 6.45) is 0. The summed E-state index contributed by atoms with van der Waals surface area (Å²) in [7, 11) is 0. The number of rotatable bonds is 3. The third-order valence-corrected chi connectivity index (χ3v) is 3.50. The van der Waals surface area contributed by atoms with Gasteiger partial charge >= 0.3 is 0 Å². The zero-order valence-corrected chi connectivity index (χ0v) is 11.0. The first kappa shape index (κ1) is 12.5. The van der Waals surface area contributed by atoms with Gasteiger partial charge in [-0.3, -0.25) is 4.79 Å². The van der Waals surface area contributed by atoms with Crippen LogP contribution in [-0.4, -0.2) is 17.3 Å². The number of hydrogen-bond acceptors (Lipinski definition) is 1. The molecule has 0 aliphatic rings. The van der Waals surface area contributed by atoms with Gasteiger partial charge in [-0.15, -0.1) is 0 Å². The molecule has 1 atom stereocenters. The number of hydrogen-bond donors (Lipinski definition) is 1. The number of nitrogens with one attached hydrogen (secondary N) is 1. The third kappa shape index (κ3) is 3.21. The van der Waals surface area contributed by atoms with Crippen molar-refractivity contribution in [3.8, 4) is 0 Å². The Hall–Kier alpha value is -0.540. The van der Waals surface area contributed by atoms with Gasteiger partial charge in [0.25, 0.3) is 5.91 Å². The Labute approximate surface area is 103 Å². The van der Waals surface area contributed by atoms with Crippen LogP contribution in [0.3, 0.4) is 0 Å². The lowest BCUT2D eigenvalue weighted by Gasteiger charge is -2.12. The summed E-state index contributed by atoms with van der Waals surface area (Å²) in [5, 5.41) is 4.22. The second-order valence-corrected chi connectivity index (χ2v) is 4.50. The zero-order valence-electron chi connectivity index (χ0n) is 8.68. The summed E-state index contributed by atoms with van der Waals surface area (Å²) in [6, 6.07) is 5.44. The van der Waals surface area contributed by atoms with Crippen molar-refractivity contribution >= 4 is 33.4 Å². The van der Waals surface area contributed by atoms with Gasteiger partial charge in [-0.25, -0.2) is 0 Å². The van der Waals surface area contributed by atoms with Gasteiger partial charge in [0.1, 0.15) is 0 Å². The molecular weight excluding hydrogens is 277 g/mol. The average Bonchev–Trinajstić information content (AvgIpc) is 2.21. The molecule has 1 aromatic carbocycles. The van der Waals surface area contributed by atoms with Gasteiger partial charge in [0.15, 0.2) is 0 Å². The zero-order chi connectivity index (χ0) is 11.4. The van der Waals surface area contributed by atoms with Crippen LogP contribution in [0, 0.1) is 6.92 Å². The van der Waals surface area contributed by atoms with Gasteiger partial charge in [-0.1, -0.05) is 33.6 Å². The number of benzene rings is 1. The normalized spacial score (nSPS) is 12.3. The molecule has 0 radical (unpaired) electrons. The molecule has 15 heavy (non-hydrogen) atoms. The standard InChI is InChI=1S/C11H13BrClNO/c1-7(6-12)14-11(15)9-4-3-5-10(13)8(9)2/h3-5,7H,6H2,1-2H3,(H,14,15). The molecule has 1 unspecified atom stereocenters. The first-order valence-electron chi connectivity index (χ1n) is 4.68. The van der Waals surface area contributed by atoms with Gasteiger partial charge in [-0.2, -0.15) is 0 Å². The van der Waals surface area contributed by atoms with Crippen molar-refractivity contribution in [3.63, 3.8) is 0 Å². The fourth-order valence-electron chi connectivity index (χ4n) is 1.19. The SMILES string of the molecule is Cc1c(Cl)cccc1C(=O)NC(C)CBr. The van der Waals surface area contributed by atoms with Crippen molar-refractivity contribution in [2.75, 3.05) is 5.33 Å². The van der Waals surface area contributed by atoms with Crippen molar-refractivity contribution in [3.05, 3.63) is 34.3 Å². The van der Waals surface area contributed by atoms with E-state index < -0.39 is 0 Å². The number of alkyl halides is 1. The highest BCUT2D eigenvalue weighted by molar-refractivity contribution is 9.09. The number of carbonyl (C=O) groups excluding carboxylic acids is 1. The third-order valence-electron chi connectivity index (χ3n) is 2.12. The van der Waals surface area contributed by atoms with Crippen molar-refractivity contribution in [2.45, 2.75) is 19.9 Å². The molecule has 0 bridgehead atoms. The van der Waals surface area contributed by atoms with Crippen LogP contribution < -0.4 is 5.32 Å². The number of halogens is 2. The van der Waals surface area contributed by atoms with E-state index in [9.17, 15) is 4.79 Å². The monoisotopic (exact) mass is 289 g/mol. The van der Waals surface area contributed by atoms with Gasteiger partial charge in [0.2, 0.25) is 0 Å². The number of amides is 1. The van der Waals surface area contributed by atoms with E-state index in [0.717, 1.165) is 10.9 Å². The molecule has 1 rings (SSSR count). The summed E-state index contributed by atoms with van der Waals surface area (Å²) in [5.41, 5.74) is 1.45. The molecule has 1 amide bonds. The highest BCUT2D eigenvalue weighted by Gasteiger charge is 2.12. The minimum absolute atomic E-state index is 0.0815. The molecule has 1 N–H and O–H groups in total. The molecule has 1 aromatic rings. The van der Waals surface area contributed by atoms with E-state index in [4.69, 9.17) is 11.6 Å². The molecule has 0 aliphatic heterocycles. The van der Waals surface area contributed by atoms with E-state index in [0.29, 0.717) is 10.6 Å². The van der Waals surface area contributed by atoms with Crippen molar-refractivity contribution in [1.29, 1.82) is 0 Å². The van der Waals surface area contributed by atoms with E-state index in [-0.39, 0.29) is 11.9 Å². The van der Waals surface area contributed by atoms with Crippen LogP contribution in [0.1, 0.15) is 22.8 Å². The Morgan fingerprint density at radius 3 is 2.87 bits per heavy atom. The van der Waals surface area contributed by atoms with Crippen LogP contribution in [0.5, 0.6) is 0 Å². The fourth-order valence-corrected chi connectivity index (χ4v) is 1.53. The Morgan fingerprint density at radius 2 is 2.27 bits per heavy atom. The molecule has 0 spiro atoms. The smallest absolute Gasteiger partial charge is 0.251 e. The highest BCUT2D eigenvalue weighted by Crippen LogP contribution is 2.18. The topological polar surface area (TPSA) is 29.1 Å². The van der Waals surface area contributed by atoms with Crippen molar-refractivity contribution in [2.24, 2.45) is 0 Å². The molecule has 2 nitrogen and oxygen atoms in total. The van der Waals surface area contributed by atoms with E-state index in [1.165, 1.54) is 0 Å². The second kappa shape index (κ2) is 5.52. The van der Waals surface area contributed by atoms with Crippen LogP contribution in [0.4, 0.5) is 0 Å². The van der Waals surface area contributed by atoms with E-state index in [2.05, 4.69) is 21.2 Å². The molecule has 0 saturated carbocycles. The van der Waals surface area contributed by atoms with E-state index in [1.807, 2.05) is 13.8 Å². The Bertz CT molecular complexity index is 368. The minimum atomic E-state index is -0.0815. The lowest BCUT2D eigenvalue weighted by molar-refractivity contribution is 0.0943. The maximum Gasteiger partial charge on any atom is 0.251 e. The van der Waals surface area contributed by atoms with Crippen LogP contribution in [0.25, 0.3) is 0 Å². The molecular formula is C11H13BrClNO. The van der Waals surface area contributed by atoms with E-state index >= 15 is 0 Å². The molecule has 82 valence electrons. The van der Waals surface area contributed by atoms with Crippen LogP contribution in [-0.2, 0) is 0 Å². The van der Waals surface area contributed by atoms with Gasteiger partial charge in [0, 0.05) is 22.0 Å². The molecule has 0 aliphatic carbocycles. The first-order chi connectivity index (χ1) is 7.06. The lowest BCUT2D eigenvalue weighted by Crippen LogP contribution is -2.33. The Morgan fingerprint density at radius 1 is 1.60 bits per heavy atom. The summed E-state index contributed by atoms with van der Waals surface area (Å²) in [6.45, 7) is 3.78. The number of carbonyl (C=O) groups is 1. The molecule has 0 heterocycles. The fraction of sp³-hybridized carbons (Fsp3) is 0.364. The second-order valence-electron chi connectivity index (χ2n) is 3.44. The summed E-state index contributed by atoms with van der Waals surface area (Å²) in [5.74, 6) is -0.0815. The van der Waals surface area contributed by atoms with E-state index in [1.54, 1.807) is 18.2 Å². The van der Waals surface area contributed by atoms with Crippen LogP contribution in [0.2, 0.25) is 5.02 Å². The van der Waals surface area contributed by atoms with Gasteiger partial charge < -0.3 is 5.32 Å². The summed E-state index contributed by atoms with van der Waals surface area (Å²) in [4.78, 5) is 11.8. The summed E-state index contributed by atoms with van der Waals surface area (Å²) < 4.78 is 0. The molecule has 4 heteroatoms. The maximum absolute atomic E-state index is 11.8. The summed E-state index contributed by atoms with van der Waals surface area (Å²) >= 11 is 9.25. The highest BCUT2D eigenvalue weighted by atomic mass is 79.9. The Balaban J connectivity index is 2.87. The quantitative estimate of drug-likeness (QED) is 0.851. The minimum Gasteiger partial charge on any atom is -0.349 e. The average molecular weight is 291 g/mol. The molecule has 0 saturated heterocycles. The van der Waals surface area contributed by atoms with Gasteiger partial charge in [0.05, 0.1) is 0 Å². The lowest BCUT2D eigenvalue weighted by atomic mass is 10.1. The van der Waals surface area contributed by atoms with Gasteiger partial charge in [-0.05, 0) is 31.5 Å². The predicted octanol–water partition coefficient (Wildman–Crippen LogP) is 3.16. The van der Waals surface area contributed by atoms with Crippen LogP contribution >= 0.6 is 27.5 Å². The van der Waals surface area contributed by atoms with Crippen molar-refractivity contribution < 1.29 is 4.79 Å². The maximum atomic E-state index is 11.8. The molecule has 0 fully saturated rings. The largest absolute Gasteiger partial charge is 0.349 e. The van der Waals surface area contributed by atoms with Crippen molar-refractivity contribution in [1.82, 2.24) is 5.32 Å². The predicted molar refractivity (Wildman–Crippen MR) is 66.9 cm³/mol.